The van der Waals surface area contributed by atoms with Crippen LogP contribution < -0.4 is 20.7 Å². The number of methoxy groups -OCH3 is 3. The Hall–Kier alpha value is -4.26. The number of ether oxygens (including phenoxy) is 6. The van der Waals surface area contributed by atoms with Crippen LogP contribution in [0.25, 0.3) is 0 Å². The maximum atomic E-state index is 12.9. The van der Waals surface area contributed by atoms with Gasteiger partial charge in [0.25, 0.3) is 5.56 Å². The Morgan fingerprint density at radius 1 is 0.870 bits per heavy atom. The van der Waals surface area contributed by atoms with E-state index >= 15 is 0 Å². The minimum Gasteiger partial charge on any atom is -0.497 e. The molecule has 2 heterocycles. The molecule has 0 unspecified atom stereocenters. The third-order valence-electron chi connectivity index (χ3n) is 8.27. The quantitative estimate of drug-likeness (QED) is 0.168. The highest BCUT2D eigenvalue weighted by molar-refractivity contribution is 5.49. The summed E-state index contributed by atoms with van der Waals surface area (Å²) in [6, 6.07) is 25.0. The Labute approximate surface area is 267 Å². The molecule has 0 saturated carbocycles. The molecule has 4 aromatic rings. The molecule has 0 aliphatic carbocycles. The number of aliphatic hydroxyl groups is 1. The van der Waals surface area contributed by atoms with Gasteiger partial charge in [0, 0.05) is 18.9 Å². The van der Waals surface area contributed by atoms with Crippen LogP contribution in [0.4, 0.5) is 0 Å². The van der Waals surface area contributed by atoms with Gasteiger partial charge in [0.1, 0.15) is 35.4 Å². The average molecular weight is 633 g/mol. The van der Waals surface area contributed by atoms with Crippen LogP contribution >= 0.6 is 0 Å². The molecule has 1 saturated heterocycles. The van der Waals surface area contributed by atoms with E-state index in [2.05, 4.69) is 4.98 Å². The number of nitrogens with zero attached hydrogens (tertiary/aromatic N) is 1. The molecule has 0 amide bonds. The molecule has 1 fully saturated rings. The SMILES string of the molecule is COCCO[C@@H]1[C@H](O)[C@@H]([C@H](C)OC(c2ccccc2)(c2ccc(OC)cc2)c2ccc(OC)cc2)O[C@H]1n1cc(C)c(=O)[nH]c1=O. The number of nitrogens with one attached hydrogen (secondary N) is 1. The summed E-state index contributed by atoms with van der Waals surface area (Å²) in [4.78, 5) is 27.4. The maximum Gasteiger partial charge on any atom is 0.330 e. The minimum atomic E-state index is -1.21. The smallest absolute Gasteiger partial charge is 0.330 e. The van der Waals surface area contributed by atoms with E-state index in [-0.39, 0.29) is 13.2 Å². The molecule has 0 spiro atoms. The molecular formula is C35H40N2O9. The standard InChI is InChI=1S/C35H40N2O9/c1-22-21-37(34(40)36-32(22)39)33-31(44-20-19-41-3)29(38)30(45-33)23(2)46-35(24-9-7-6-8-10-24,25-11-15-27(42-4)16-12-25)26-13-17-28(43-5)18-14-26/h6-18,21,23,29-31,33,38H,19-20H2,1-5H3,(H,36,39,40)/t23-,29+,30+,31+,33+/m0/s1. The first-order valence-corrected chi connectivity index (χ1v) is 15.0. The van der Waals surface area contributed by atoms with Crippen LogP contribution in [0.2, 0.25) is 0 Å². The molecule has 0 bridgehead atoms. The van der Waals surface area contributed by atoms with Crippen LogP contribution in [0, 0.1) is 6.92 Å². The fourth-order valence-corrected chi connectivity index (χ4v) is 5.88. The van der Waals surface area contributed by atoms with E-state index in [9.17, 15) is 14.7 Å². The maximum absolute atomic E-state index is 12.9. The zero-order valence-corrected chi connectivity index (χ0v) is 26.5. The average Bonchev–Trinajstić information content (AvgIpc) is 3.41. The van der Waals surface area contributed by atoms with Gasteiger partial charge in [-0.25, -0.2) is 4.79 Å². The summed E-state index contributed by atoms with van der Waals surface area (Å²) in [5, 5.41) is 11.7. The summed E-state index contributed by atoms with van der Waals surface area (Å²) >= 11 is 0. The first kappa shape index (κ1) is 33.1. The molecule has 46 heavy (non-hydrogen) atoms. The molecule has 0 radical (unpaired) electrons. The number of aromatic amines is 1. The van der Waals surface area contributed by atoms with Gasteiger partial charge < -0.3 is 33.5 Å². The van der Waals surface area contributed by atoms with Crippen LogP contribution in [0.15, 0.2) is 94.6 Å². The van der Waals surface area contributed by atoms with Crippen LogP contribution in [-0.4, -0.2) is 73.6 Å². The molecule has 5 atom stereocenters. The Bertz CT molecular complexity index is 1640. The van der Waals surface area contributed by atoms with Crippen LogP contribution in [-0.2, 0) is 24.5 Å². The van der Waals surface area contributed by atoms with E-state index in [0.717, 1.165) is 16.7 Å². The van der Waals surface area contributed by atoms with Gasteiger partial charge in [-0.3, -0.25) is 14.3 Å². The molecule has 1 aliphatic rings. The monoisotopic (exact) mass is 632 g/mol. The number of hydrogen-bond donors (Lipinski definition) is 2. The highest BCUT2D eigenvalue weighted by Crippen LogP contribution is 2.44. The molecule has 1 aliphatic heterocycles. The van der Waals surface area contributed by atoms with Gasteiger partial charge in [0.2, 0.25) is 0 Å². The summed E-state index contributed by atoms with van der Waals surface area (Å²) in [6.45, 7) is 3.80. The van der Waals surface area contributed by atoms with Crippen molar-refractivity contribution < 1.29 is 33.5 Å². The zero-order valence-electron chi connectivity index (χ0n) is 26.5. The number of aliphatic hydroxyl groups excluding tert-OH is 1. The van der Waals surface area contributed by atoms with Crippen LogP contribution in [0.1, 0.15) is 35.4 Å². The fourth-order valence-electron chi connectivity index (χ4n) is 5.88. The van der Waals surface area contributed by atoms with Crippen LogP contribution in [0.5, 0.6) is 11.5 Å². The lowest BCUT2D eigenvalue weighted by molar-refractivity contribution is -0.138. The van der Waals surface area contributed by atoms with Crippen molar-refractivity contribution in [3.63, 3.8) is 0 Å². The Morgan fingerprint density at radius 2 is 1.43 bits per heavy atom. The summed E-state index contributed by atoms with van der Waals surface area (Å²) in [7, 11) is 4.76. The molecular weight excluding hydrogens is 592 g/mol. The third kappa shape index (κ3) is 6.51. The van der Waals surface area contributed by atoms with Gasteiger partial charge in [-0.05, 0) is 54.8 Å². The molecule has 244 valence electrons. The van der Waals surface area contributed by atoms with Crippen molar-refractivity contribution in [1.82, 2.24) is 9.55 Å². The van der Waals surface area contributed by atoms with Gasteiger partial charge >= 0.3 is 5.69 Å². The van der Waals surface area contributed by atoms with Crippen molar-refractivity contribution in [2.24, 2.45) is 0 Å². The summed E-state index contributed by atoms with van der Waals surface area (Å²) in [6.07, 6.45) is -3.55. The fraction of sp³-hybridized carbons (Fsp3) is 0.371. The lowest BCUT2D eigenvalue weighted by Gasteiger charge is -2.40. The zero-order chi connectivity index (χ0) is 32.8. The second-order valence-electron chi connectivity index (χ2n) is 11.1. The molecule has 5 rings (SSSR count). The Balaban J connectivity index is 1.61. The number of benzene rings is 3. The number of rotatable bonds is 13. The van der Waals surface area contributed by atoms with E-state index in [0.29, 0.717) is 17.1 Å². The topological polar surface area (TPSA) is 130 Å². The third-order valence-corrected chi connectivity index (χ3v) is 8.27. The van der Waals surface area contributed by atoms with E-state index in [1.54, 1.807) is 28.3 Å². The van der Waals surface area contributed by atoms with E-state index in [1.807, 2.05) is 85.8 Å². The number of hydrogen-bond acceptors (Lipinski definition) is 9. The predicted octanol–water partition coefficient (Wildman–Crippen LogP) is 3.55. The predicted molar refractivity (Wildman–Crippen MR) is 170 cm³/mol. The van der Waals surface area contributed by atoms with Gasteiger partial charge in [-0.1, -0.05) is 54.6 Å². The van der Waals surface area contributed by atoms with Crippen LogP contribution in [0.3, 0.4) is 0 Å². The largest absolute Gasteiger partial charge is 0.497 e. The lowest BCUT2D eigenvalue weighted by atomic mass is 9.79. The highest BCUT2D eigenvalue weighted by Gasteiger charge is 2.51. The van der Waals surface area contributed by atoms with E-state index < -0.39 is 47.5 Å². The molecule has 2 N–H and O–H groups in total. The normalized spacial score (nSPS) is 20.4. The Kier molecular flexibility index (Phi) is 10.4. The molecule has 3 aromatic carbocycles. The van der Waals surface area contributed by atoms with Crippen molar-refractivity contribution in [3.05, 3.63) is 128 Å². The first-order chi connectivity index (χ1) is 22.2. The summed E-state index contributed by atoms with van der Waals surface area (Å²) in [5.74, 6) is 1.37. The molecule has 1 aromatic heterocycles. The van der Waals surface area contributed by atoms with Crippen molar-refractivity contribution in [2.45, 2.75) is 50.1 Å². The van der Waals surface area contributed by atoms with Gasteiger partial charge in [-0.2, -0.15) is 0 Å². The molecule has 11 nitrogen and oxygen atoms in total. The number of H-pyrrole nitrogens is 1. The van der Waals surface area contributed by atoms with E-state index in [1.165, 1.54) is 10.8 Å². The van der Waals surface area contributed by atoms with Gasteiger partial charge in [0.05, 0.1) is 33.5 Å². The van der Waals surface area contributed by atoms with Crippen molar-refractivity contribution in [1.29, 1.82) is 0 Å². The van der Waals surface area contributed by atoms with Crippen molar-refractivity contribution >= 4 is 0 Å². The van der Waals surface area contributed by atoms with Crippen molar-refractivity contribution in [2.75, 3.05) is 34.5 Å². The highest BCUT2D eigenvalue weighted by atomic mass is 16.6. The minimum absolute atomic E-state index is 0.142. The summed E-state index contributed by atoms with van der Waals surface area (Å²) in [5.41, 5.74) is 0.388. The lowest BCUT2D eigenvalue weighted by Crippen LogP contribution is -2.45. The van der Waals surface area contributed by atoms with E-state index in [4.69, 9.17) is 28.4 Å². The first-order valence-electron chi connectivity index (χ1n) is 15.0. The number of aryl methyl sites for hydroxylation is 1. The second kappa shape index (κ2) is 14.4. The Morgan fingerprint density at radius 3 is 1.98 bits per heavy atom. The summed E-state index contributed by atoms with van der Waals surface area (Å²) < 4.78 is 36.9. The molecule has 11 heteroatoms. The number of aromatic nitrogens is 2. The van der Waals surface area contributed by atoms with Crippen molar-refractivity contribution in [3.8, 4) is 11.5 Å². The second-order valence-corrected chi connectivity index (χ2v) is 11.1. The van der Waals surface area contributed by atoms with Gasteiger partial charge in [0.15, 0.2) is 6.23 Å². The van der Waals surface area contributed by atoms with Gasteiger partial charge in [-0.15, -0.1) is 0 Å².